The van der Waals surface area contributed by atoms with Gasteiger partial charge in [-0.05, 0) is 38.5 Å². The highest BCUT2D eigenvalue weighted by Crippen LogP contribution is 2.13. The molecule has 0 saturated heterocycles. The monoisotopic (exact) mass is 321 g/mol. The van der Waals surface area contributed by atoms with Gasteiger partial charge in [0, 0.05) is 29.0 Å². The Morgan fingerprint density at radius 3 is 2.79 bits per heavy atom. The molecule has 2 rings (SSSR count). The molecule has 3 nitrogen and oxygen atoms in total. The van der Waals surface area contributed by atoms with Gasteiger partial charge in [0.1, 0.15) is 5.82 Å². The number of imidazole rings is 1. The molecule has 0 fully saturated rings. The van der Waals surface area contributed by atoms with E-state index in [9.17, 15) is 0 Å². The van der Waals surface area contributed by atoms with Crippen molar-refractivity contribution in [2.75, 3.05) is 0 Å². The smallest absolute Gasteiger partial charge is 0.122 e. The van der Waals surface area contributed by atoms with E-state index in [2.05, 4.69) is 69.8 Å². The molecule has 0 spiro atoms. The van der Waals surface area contributed by atoms with Gasteiger partial charge in [-0.1, -0.05) is 28.1 Å². The third-order valence-electron chi connectivity index (χ3n) is 2.82. The summed E-state index contributed by atoms with van der Waals surface area (Å²) in [5, 5.41) is 3.47. The van der Waals surface area contributed by atoms with Gasteiger partial charge in [-0.15, -0.1) is 0 Å². The van der Waals surface area contributed by atoms with Crippen molar-refractivity contribution in [3.8, 4) is 0 Å². The second kappa shape index (κ2) is 5.88. The maximum absolute atomic E-state index is 4.43. The van der Waals surface area contributed by atoms with Crippen LogP contribution in [-0.4, -0.2) is 15.1 Å². The van der Waals surface area contributed by atoms with Crippen molar-refractivity contribution < 1.29 is 0 Å². The van der Waals surface area contributed by atoms with Crippen LogP contribution in [0, 0.1) is 0 Å². The zero-order valence-electron chi connectivity index (χ0n) is 11.7. The summed E-state index contributed by atoms with van der Waals surface area (Å²) >= 11 is 3.50. The van der Waals surface area contributed by atoms with Crippen LogP contribution in [-0.2, 0) is 13.1 Å². The van der Waals surface area contributed by atoms with Crippen molar-refractivity contribution in [2.24, 2.45) is 0 Å². The molecule has 1 aromatic carbocycles. The topological polar surface area (TPSA) is 29.9 Å². The van der Waals surface area contributed by atoms with Crippen molar-refractivity contribution in [1.29, 1.82) is 0 Å². The van der Waals surface area contributed by atoms with Crippen molar-refractivity contribution in [2.45, 2.75) is 39.4 Å². The molecule has 4 heteroatoms. The molecule has 0 saturated carbocycles. The zero-order chi connectivity index (χ0) is 13.9. The van der Waals surface area contributed by atoms with E-state index in [1.165, 1.54) is 5.56 Å². The van der Waals surface area contributed by atoms with Crippen LogP contribution in [0.5, 0.6) is 0 Å². The highest BCUT2D eigenvalue weighted by Gasteiger charge is 2.11. The third-order valence-corrected chi connectivity index (χ3v) is 3.31. The number of halogens is 1. The van der Waals surface area contributed by atoms with Crippen LogP contribution in [0.2, 0.25) is 0 Å². The van der Waals surface area contributed by atoms with Crippen LogP contribution in [0.4, 0.5) is 0 Å². The van der Waals surface area contributed by atoms with Crippen molar-refractivity contribution in [1.82, 2.24) is 14.9 Å². The molecule has 19 heavy (non-hydrogen) atoms. The summed E-state index contributed by atoms with van der Waals surface area (Å²) in [6.07, 6.45) is 3.89. The van der Waals surface area contributed by atoms with Gasteiger partial charge in [-0.2, -0.15) is 0 Å². The van der Waals surface area contributed by atoms with E-state index < -0.39 is 0 Å². The van der Waals surface area contributed by atoms with Gasteiger partial charge in [0.25, 0.3) is 0 Å². The molecular formula is C15H20BrN3. The highest BCUT2D eigenvalue weighted by molar-refractivity contribution is 9.10. The number of benzene rings is 1. The standard InChI is InChI=1S/C15H20BrN3/c1-15(2,3)18-10-14-17-7-8-19(14)11-12-5-4-6-13(16)9-12/h4-9,18H,10-11H2,1-3H3. The van der Waals surface area contributed by atoms with E-state index in [-0.39, 0.29) is 5.54 Å². The Bertz CT molecular complexity index is 540. The number of nitrogens with zero attached hydrogens (tertiary/aromatic N) is 2. The average molecular weight is 322 g/mol. The van der Waals surface area contributed by atoms with Gasteiger partial charge in [-0.25, -0.2) is 4.98 Å². The number of aromatic nitrogens is 2. The van der Waals surface area contributed by atoms with E-state index in [0.717, 1.165) is 23.4 Å². The number of hydrogen-bond donors (Lipinski definition) is 1. The van der Waals surface area contributed by atoms with Gasteiger partial charge < -0.3 is 9.88 Å². The van der Waals surface area contributed by atoms with Crippen LogP contribution in [0.15, 0.2) is 41.1 Å². The first-order valence-corrected chi connectivity index (χ1v) is 7.23. The van der Waals surface area contributed by atoms with Crippen LogP contribution >= 0.6 is 15.9 Å². The Balaban J connectivity index is 2.07. The fraction of sp³-hybridized carbons (Fsp3) is 0.400. The lowest BCUT2D eigenvalue weighted by Crippen LogP contribution is -2.36. The third kappa shape index (κ3) is 4.48. The van der Waals surface area contributed by atoms with E-state index in [1.807, 2.05) is 18.5 Å². The maximum atomic E-state index is 4.43. The minimum atomic E-state index is 0.104. The minimum absolute atomic E-state index is 0.104. The summed E-state index contributed by atoms with van der Waals surface area (Å²) in [6, 6.07) is 8.37. The molecule has 102 valence electrons. The normalized spacial score (nSPS) is 11.8. The molecule has 0 atom stereocenters. The minimum Gasteiger partial charge on any atom is -0.329 e. The first-order chi connectivity index (χ1) is 8.94. The Labute approximate surface area is 123 Å². The lowest BCUT2D eigenvalue weighted by molar-refractivity contribution is 0.413. The van der Waals surface area contributed by atoms with Crippen LogP contribution in [0.25, 0.3) is 0 Å². The van der Waals surface area contributed by atoms with E-state index in [1.54, 1.807) is 0 Å². The van der Waals surface area contributed by atoms with Gasteiger partial charge in [-0.3, -0.25) is 0 Å². The predicted molar refractivity (Wildman–Crippen MR) is 82.1 cm³/mol. The highest BCUT2D eigenvalue weighted by atomic mass is 79.9. The van der Waals surface area contributed by atoms with E-state index in [4.69, 9.17) is 0 Å². The molecule has 0 aliphatic heterocycles. The summed E-state index contributed by atoms with van der Waals surface area (Å²) < 4.78 is 3.29. The van der Waals surface area contributed by atoms with E-state index >= 15 is 0 Å². The summed E-state index contributed by atoms with van der Waals surface area (Å²) in [6.45, 7) is 8.11. The van der Waals surface area contributed by atoms with Gasteiger partial charge >= 0.3 is 0 Å². The largest absolute Gasteiger partial charge is 0.329 e. The molecule has 0 amide bonds. The molecule has 0 aliphatic carbocycles. The quantitative estimate of drug-likeness (QED) is 0.932. The number of nitrogens with one attached hydrogen (secondary N) is 1. The van der Waals surface area contributed by atoms with Crippen molar-refractivity contribution in [3.63, 3.8) is 0 Å². The zero-order valence-corrected chi connectivity index (χ0v) is 13.2. The van der Waals surface area contributed by atoms with Crippen molar-refractivity contribution >= 4 is 15.9 Å². The number of hydrogen-bond acceptors (Lipinski definition) is 2. The summed E-state index contributed by atoms with van der Waals surface area (Å²) in [4.78, 5) is 4.43. The number of rotatable bonds is 4. The molecule has 0 bridgehead atoms. The Kier molecular flexibility index (Phi) is 4.42. The van der Waals surface area contributed by atoms with Crippen LogP contribution < -0.4 is 5.32 Å². The van der Waals surface area contributed by atoms with Gasteiger partial charge in [0.15, 0.2) is 0 Å². The SMILES string of the molecule is CC(C)(C)NCc1nccn1Cc1cccc(Br)c1. The lowest BCUT2D eigenvalue weighted by atomic mass is 10.1. The van der Waals surface area contributed by atoms with Crippen molar-refractivity contribution in [3.05, 3.63) is 52.5 Å². The summed E-state index contributed by atoms with van der Waals surface area (Å²) in [5.74, 6) is 1.06. The molecule has 1 N–H and O–H groups in total. The maximum Gasteiger partial charge on any atom is 0.122 e. The van der Waals surface area contributed by atoms with E-state index in [0.29, 0.717) is 0 Å². The molecule has 0 radical (unpaired) electrons. The Morgan fingerprint density at radius 2 is 2.11 bits per heavy atom. The Morgan fingerprint density at radius 1 is 1.32 bits per heavy atom. The molecule has 1 heterocycles. The van der Waals surface area contributed by atoms with Crippen LogP contribution in [0.1, 0.15) is 32.2 Å². The predicted octanol–water partition coefficient (Wildman–Crippen LogP) is 3.58. The Hall–Kier alpha value is -1.13. The molecule has 1 aromatic heterocycles. The molecule has 2 aromatic rings. The second-order valence-electron chi connectivity index (χ2n) is 5.70. The molecular weight excluding hydrogens is 302 g/mol. The van der Waals surface area contributed by atoms with Gasteiger partial charge in [0.2, 0.25) is 0 Å². The lowest BCUT2D eigenvalue weighted by Gasteiger charge is -2.20. The second-order valence-corrected chi connectivity index (χ2v) is 6.62. The first kappa shape index (κ1) is 14.3. The summed E-state index contributed by atoms with van der Waals surface area (Å²) in [7, 11) is 0. The van der Waals surface area contributed by atoms with Crippen LogP contribution in [0.3, 0.4) is 0 Å². The average Bonchev–Trinajstić information content (AvgIpc) is 2.73. The molecule has 0 aliphatic rings. The first-order valence-electron chi connectivity index (χ1n) is 6.43. The fourth-order valence-corrected chi connectivity index (χ4v) is 2.27. The summed E-state index contributed by atoms with van der Waals surface area (Å²) in [5.41, 5.74) is 1.37. The van der Waals surface area contributed by atoms with Gasteiger partial charge in [0.05, 0.1) is 6.54 Å². The fourth-order valence-electron chi connectivity index (χ4n) is 1.83. The molecule has 0 unspecified atom stereocenters.